The van der Waals surface area contributed by atoms with Crippen LogP contribution < -0.4 is 0 Å². The van der Waals surface area contributed by atoms with Gasteiger partial charge in [0.25, 0.3) is 0 Å². The molecule has 1 N–H and O–H groups in total. The Bertz CT molecular complexity index is 652. The number of phenols is 1. The number of rotatable bonds is 1. The first kappa shape index (κ1) is 11.2. The fourth-order valence-corrected chi connectivity index (χ4v) is 5.71. The molecule has 3 nitrogen and oxygen atoms in total. The van der Waals surface area contributed by atoms with Crippen molar-refractivity contribution in [3.63, 3.8) is 0 Å². The lowest BCUT2D eigenvalue weighted by molar-refractivity contribution is -0.00781. The molecule has 4 bridgehead atoms. The molecule has 4 aliphatic carbocycles. The van der Waals surface area contributed by atoms with Crippen molar-refractivity contribution in [2.45, 2.75) is 43.9 Å². The van der Waals surface area contributed by atoms with Gasteiger partial charge in [0.2, 0.25) is 0 Å². The Morgan fingerprint density at radius 3 is 2.35 bits per heavy atom. The molecule has 0 amide bonds. The second kappa shape index (κ2) is 3.57. The second-order valence-electron chi connectivity index (χ2n) is 7.41. The lowest BCUT2D eigenvalue weighted by Gasteiger charge is -2.56. The molecule has 0 unspecified atom stereocenters. The van der Waals surface area contributed by atoms with Crippen molar-refractivity contribution >= 4 is 11.0 Å². The number of nitrogens with zero attached hydrogens (tertiary/aromatic N) is 1. The van der Waals surface area contributed by atoms with Crippen molar-refractivity contribution in [1.29, 1.82) is 0 Å². The zero-order valence-electron chi connectivity index (χ0n) is 11.5. The average Bonchev–Trinajstić information content (AvgIpc) is 2.80. The van der Waals surface area contributed by atoms with Gasteiger partial charge in [0.05, 0.1) is 5.69 Å². The molecule has 6 rings (SSSR count). The zero-order chi connectivity index (χ0) is 13.3. The van der Waals surface area contributed by atoms with Gasteiger partial charge < -0.3 is 9.63 Å². The van der Waals surface area contributed by atoms with E-state index in [2.05, 4.69) is 5.16 Å². The number of aromatic hydroxyl groups is 1. The quantitative estimate of drug-likeness (QED) is 0.851. The highest BCUT2D eigenvalue weighted by molar-refractivity contribution is 5.81. The summed E-state index contributed by atoms with van der Waals surface area (Å²) in [5.74, 6) is 2.98. The van der Waals surface area contributed by atoms with E-state index in [0.717, 1.165) is 28.7 Å². The van der Waals surface area contributed by atoms with Gasteiger partial charge in [-0.2, -0.15) is 0 Å². The van der Waals surface area contributed by atoms with Crippen LogP contribution in [-0.2, 0) is 5.41 Å². The Balaban J connectivity index is 1.67. The Hall–Kier alpha value is -1.51. The van der Waals surface area contributed by atoms with Gasteiger partial charge in [-0.25, -0.2) is 0 Å². The number of hydrogen-bond acceptors (Lipinski definition) is 3. The molecule has 0 aliphatic heterocycles. The third kappa shape index (κ3) is 1.38. The van der Waals surface area contributed by atoms with Crippen LogP contribution in [0.4, 0.5) is 0 Å². The first-order chi connectivity index (χ1) is 9.72. The Morgan fingerprint density at radius 2 is 1.70 bits per heavy atom. The Kier molecular flexibility index (Phi) is 2.00. The van der Waals surface area contributed by atoms with E-state index >= 15 is 0 Å². The van der Waals surface area contributed by atoms with Crippen LogP contribution in [0.3, 0.4) is 0 Å². The summed E-state index contributed by atoms with van der Waals surface area (Å²) >= 11 is 0. The lowest BCUT2D eigenvalue weighted by Crippen LogP contribution is -2.48. The van der Waals surface area contributed by atoms with E-state index in [0.29, 0.717) is 0 Å². The predicted octanol–water partition coefficient (Wildman–Crippen LogP) is 4.00. The third-order valence-corrected chi connectivity index (χ3v) is 6.00. The average molecular weight is 269 g/mol. The molecule has 4 aliphatic rings. The normalized spacial score (nSPS) is 38.7. The fourth-order valence-electron chi connectivity index (χ4n) is 5.71. The van der Waals surface area contributed by atoms with Crippen molar-refractivity contribution in [2.75, 3.05) is 0 Å². The molecule has 4 saturated carbocycles. The maximum absolute atomic E-state index is 9.59. The molecule has 1 aromatic carbocycles. The van der Waals surface area contributed by atoms with Crippen molar-refractivity contribution in [3.8, 4) is 5.75 Å². The largest absolute Gasteiger partial charge is 0.508 e. The molecule has 0 atom stereocenters. The van der Waals surface area contributed by atoms with Crippen LogP contribution in [0.15, 0.2) is 22.7 Å². The van der Waals surface area contributed by atoms with Crippen LogP contribution in [0.5, 0.6) is 5.75 Å². The van der Waals surface area contributed by atoms with Gasteiger partial charge in [-0.3, -0.25) is 0 Å². The number of hydrogen-bond donors (Lipinski definition) is 1. The van der Waals surface area contributed by atoms with E-state index in [1.165, 1.54) is 44.2 Å². The monoisotopic (exact) mass is 269 g/mol. The highest BCUT2D eigenvalue weighted by Crippen LogP contribution is 2.61. The number of benzene rings is 1. The first-order valence-electron chi connectivity index (χ1n) is 7.81. The Labute approximate surface area is 118 Å². The van der Waals surface area contributed by atoms with Crippen LogP contribution in [-0.4, -0.2) is 10.3 Å². The van der Waals surface area contributed by atoms with Gasteiger partial charge in [0.15, 0.2) is 5.58 Å². The van der Waals surface area contributed by atoms with Crippen LogP contribution in [0.1, 0.15) is 44.2 Å². The second-order valence-corrected chi connectivity index (χ2v) is 7.41. The summed E-state index contributed by atoms with van der Waals surface area (Å²) in [6.07, 6.45) is 8.20. The van der Waals surface area contributed by atoms with E-state index in [9.17, 15) is 5.11 Å². The highest BCUT2D eigenvalue weighted by Gasteiger charge is 2.53. The predicted molar refractivity (Wildman–Crippen MR) is 75.5 cm³/mol. The molecule has 1 heterocycles. The third-order valence-electron chi connectivity index (χ3n) is 6.00. The van der Waals surface area contributed by atoms with Gasteiger partial charge >= 0.3 is 0 Å². The zero-order valence-corrected chi connectivity index (χ0v) is 11.5. The smallest absolute Gasteiger partial charge is 0.170 e. The van der Waals surface area contributed by atoms with Crippen LogP contribution >= 0.6 is 0 Å². The minimum Gasteiger partial charge on any atom is -0.508 e. The van der Waals surface area contributed by atoms with Crippen molar-refractivity contribution in [2.24, 2.45) is 17.8 Å². The maximum atomic E-state index is 9.59. The summed E-state index contributed by atoms with van der Waals surface area (Å²) in [6.45, 7) is 0. The molecule has 2 aromatic rings. The lowest BCUT2D eigenvalue weighted by atomic mass is 9.48. The van der Waals surface area contributed by atoms with Crippen molar-refractivity contribution in [1.82, 2.24) is 5.16 Å². The van der Waals surface area contributed by atoms with Gasteiger partial charge in [-0.1, -0.05) is 5.16 Å². The van der Waals surface area contributed by atoms with E-state index in [4.69, 9.17) is 4.52 Å². The maximum Gasteiger partial charge on any atom is 0.170 e. The van der Waals surface area contributed by atoms with E-state index < -0.39 is 0 Å². The van der Waals surface area contributed by atoms with E-state index in [1.54, 1.807) is 12.1 Å². The van der Waals surface area contributed by atoms with E-state index in [1.807, 2.05) is 6.07 Å². The Morgan fingerprint density at radius 1 is 1.05 bits per heavy atom. The van der Waals surface area contributed by atoms with Gasteiger partial charge in [0, 0.05) is 16.9 Å². The molecule has 0 radical (unpaired) electrons. The molecule has 3 heteroatoms. The summed E-state index contributed by atoms with van der Waals surface area (Å²) in [7, 11) is 0. The van der Waals surface area contributed by atoms with Gasteiger partial charge in [-0.15, -0.1) is 0 Å². The minimum atomic E-state index is 0.255. The fraction of sp³-hybridized carbons (Fsp3) is 0.588. The standard InChI is InChI=1S/C17H19NO2/c19-13-1-2-14-15(6-13)20-18-16(14)17-7-10-3-11(8-17)5-12(4-10)9-17/h1-2,6,10-12,19H,3-5,7-9H2. The van der Waals surface area contributed by atoms with Crippen LogP contribution in [0, 0.1) is 17.8 Å². The number of fused-ring (bicyclic) bond motifs is 1. The summed E-state index contributed by atoms with van der Waals surface area (Å²) in [6, 6.07) is 5.42. The summed E-state index contributed by atoms with van der Waals surface area (Å²) in [4.78, 5) is 0. The highest BCUT2D eigenvalue weighted by atomic mass is 16.5. The van der Waals surface area contributed by atoms with Crippen LogP contribution in [0.25, 0.3) is 11.0 Å². The molecule has 20 heavy (non-hydrogen) atoms. The SMILES string of the molecule is Oc1ccc2c(C34CC5CC(CC(C5)C3)C4)noc2c1. The first-order valence-corrected chi connectivity index (χ1v) is 7.81. The number of aromatic nitrogens is 1. The van der Waals surface area contributed by atoms with E-state index in [-0.39, 0.29) is 11.2 Å². The molecular formula is C17H19NO2. The van der Waals surface area contributed by atoms with Crippen molar-refractivity contribution in [3.05, 3.63) is 23.9 Å². The van der Waals surface area contributed by atoms with Crippen LogP contribution in [0.2, 0.25) is 0 Å². The minimum absolute atomic E-state index is 0.255. The molecule has 104 valence electrons. The molecule has 0 spiro atoms. The molecule has 4 fully saturated rings. The molecule has 1 aromatic heterocycles. The molecular weight excluding hydrogens is 250 g/mol. The summed E-state index contributed by atoms with van der Waals surface area (Å²) in [5, 5.41) is 15.1. The summed E-state index contributed by atoms with van der Waals surface area (Å²) in [5.41, 5.74) is 2.17. The van der Waals surface area contributed by atoms with Gasteiger partial charge in [0.1, 0.15) is 5.75 Å². The topological polar surface area (TPSA) is 46.3 Å². The number of phenolic OH excluding ortho intramolecular Hbond substituents is 1. The van der Waals surface area contributed by atoms with Gasteiger partial charge in [-0.05, 0) is 68.4 Å². The van der Waals surface area contributed by atoms with Crippen molar-refractivity contribution < 1.29 is 9.63 Å². The molecule has 0 saturated heterocycles. The summed E-state index contributed by atoms with van der Waals surface area (Å²) < 4.78 is 5.51.